The number of aryl methyl sites for hydroxylation is 1. The summed E-state index contributed by atoms with van der Waals surface area (Å²) in [5.74, 6) is 0.0226. The number of thiazole rings is 1. The molecule has 0 aliphatic rings. The average Bonchev–Trinajstić information content (AvgIpc) is 3.09. The zero-order valence-electron chi connectivity index (χ0n) is 17.3. The van der Waals surface area contributed by atoms with Crippen molar-refractivity contribution in [2.75, 3.05) is 20.3 Å². The molecule has 0 aliphatic carbocycles. The SMILES string of the molecule is CCOC(=O)c1sc(C(C)NC(=NC)NCc2ccc(OCC)c(F)c2)nc1C. The lowest BCUT2D eigenvalue weighted by molar-refractivity contribution is 0.0531. The Morgan fingerprint density at radius 2 is 2.10 bits per heavy atom. The molecule has 0 saturated heterocycles. The molecule has 0 spiro atoms. The van der Waals surface area contributed by atoms with E-state index in [2.05, 4.69) is 20.6 Å². The van der Waals surface area contributed by atoms with Gasteiger partial charge in [-0.3, -0.25) is 4.99 Å². The lowest BCUT2D eigenvalue weighted by Gasteiger charge is -2.16. The van der Waals surface area contributed by atoms with Gasteiger partial charge in [0.25, 0.3) is 0 Å². The number of nitrogens with one attached hydrogen (secondary N) is 2. The van der Waals surface area contributed by atoms with Crippen molar-refractivity contribution < 1.29 is 18.7 Å². The molecule has 0 saturated carbocycles. The van der Waals surface area contributed by atoms with Gasteiger partial charge in [-0.05, 0) is 45.4 Å². The number of halogens is 1. The number of nitrogens with zero attached hydrogens (tertiary/aromatic N) is 2. The van der Waals surface area contributed by atoms with Gasteiger partial charge in [-0.1, -0.05) is 6.07 Å². The van der Waals surface area contributed by atoms with E-state index in [0.29, 0.717) is 36.3 Å². The first-order chi connectivity index (χ1) is 13.9. The van der Waals surface area contributed by atoms with Crippen molar-refractivity contribution in [3.05, 3.63) is 45.2 Å². The standard InChI is InChI=1S/C20H27FN4O3S/c1-6-27-16-9-8-14(10-15(16)21)11-23-20(22-5)25-13(4)18-24-12(3)17(29-18)19(26)28-7-2/h8-10,13H,6-7,11H2,1-5H3,(H2,22,23,25). The molecule has 2 rings (SSSR count). The normalized spacial score (nSPS) is 12.4. The van der Waals surface area contributed by atoms with Gasteiger partial charge in [0.2, 0.25) is 0 Å². The fraction of sp³-hybridized carbons (Fsp3) is 0.450. The van der Waals surface area contributed by atoms with E-state index in [0.717, 1.165) is 10.6 Å². The van der Waals surface area contributed by atoms with E-state index < -0.39 is 5.82 Å². The molecule has 2 N–H and O–H groups in total. The zero-order valence-corrected chi connectivity index (χ0v) is 18.2. The van der Waals surface area contributed by atoms with E-state index >= 15 is 0 Å². The summed E-state index contributed by atoms with van der Waals surface area (Å²) in [6.45, 7) is 8.42. The van der Waals surface area contributed by atoms with Gasteiger partial charge in [0, 0.05) is 13.6 Å². The summed E-state index contributed by atoms with van der Waals surface area (Å²) in [5.41, 5.74) is 1.40. The fourth-order valence-electron chi connectivity index (χ4n) is 2.56. The second-order valence-electron chi connectivity index (χ2n) is 6.18. The van der Waals surface area contributed by atoms with Crippen molar-refractivity contribution in [1.29, 1.82) is 0 Å². The Morgan fingerprint density at radius 1 is 1.34 bits per heavy atom. The monoisotopic (exact) mass is 422 g/mol. The second-order valence-corrected chi connectivity index (χ2v) is 7.21. The lowest BCUT2D eigenvalue weighted by atomic mass is 10.2. The third kappa shape index (κ3) is 6.15. The van der Waals surface area contributed by atoms with Gasteiger partial charge in [0.05, 0.1) is 24.9 Å². The minimum atomic E-state index is -0.396. The number of aromatic nitrogens is 1. The fourth-order valence-corrected chi connectivity index (χ4v) is 3.53. The maximum Gasteiger partial charge on any atom is 0.350 e. The number of hydrogen-bond acceptors (Lipinski definition) is 6. The summed E-state index contributed by atoms with van der Waals surface area (Å²) in [6, 6.07) is 4.67. The molecule has 29 heavy (non-hydrogen) atoms. The molecule has 1 heterocycles. The summed E-state index contributed by atoms with van der Waals surface area (Å²) in [6.07, 6.45) is 0. The second kappa shape index (κ2) is 10.8. The van der Waals surface area contributed by atoms with Gasteiger partial charge in [-0.2, -0.15) is 0 Å². The number of carbonyl (C=O) groups excluding carboxylic acids is 1. The molecule has 1 aromatic heterocycles. The predicted octanol–water partition coefficient (Wildman–Crippen LogP) is 3.59. The van der Waals surface area contributed by atoms with E-state index in [-0.39, 0.29) is 17.8 Å². The first-order valence-corrected chi connectivity index (χ1v) is 10.2. The van der Waals surface area contributed by atoms with Crippen molar-refractivity contribution in [2.24, 2.45) is 4.99 Å². The average molecular weight is 423 g/mol. The number of ether oxygens (including phenoxy) is 2. The van der Waals surface area contributed by atoms with Crippen LogP contribution in [0.5, 0.6) is 5.75 Å². The third-order valence-electron chi connectivity index (χ3n) is 3.98. The van der Waals surface area contributed by atoms with Crippen LogP contribution in [0.2, 0.25) is 0 Å². The van der Waals surface area contributed by atoms with Crippen LogP contribution in [0, 0.1) is 12.7 Å². The quantitative estimate of drug-likeness (QED) is 0.384. The number of esters is 1. The molecule has 0 amide bonds. The number of benzene rings is 1. The van der Waals surface area contributed by atoms with Gasteiger partial charge in [-0.15, -0.1) is 11.3 Å². The minimum Gasteiger partial charge on any atom is -0.491 e. The van der Waals surface area contributed by atoms with E-state index in [1.807, 2.05) is 13.8 Å². The van der Waals surface area contributed by atoms with Crippen LogP contribution < -0.4 is 15.4 Å². The lowest BCUT2D eigenvalue weighted by Crippen LogP contribution is -2.38. The van der Waals surface area contributed by atoms with Crippen LogP contribution in [0.15, 0.2) is 23.2 Å². The molecule has 0 bridgehead atoms. The molecule has 0 aliphatic heterocycles. The Labute approximate surface area is 174 Å². The highest BCUT2D eigenvalue weighted by molar-refractivity contribution is 7.13. The molecule has 1 unspecified atom stereocenters. The summed E-state index contributed by atoms with van der Waals surface area (Å²) in [4.78, 5) is 21.1. The first kappa shape index (κ1) is 22.6. The van der Waals surface area contributed by atoms with Gasteiger partial charge in [0.1, 0.15) is 9.88 Å². The Balaban J connectivity index is 1.98. The maximum atomic E-state index is 14.0. The molecule has 158 valence electrons. The topological polar surface area (TPSA) is 84.8 Å². The summed E-state index contributed by atoms with van der Waals surface area (Å²) >= 11 is 1.30. The van der Waals surface area contributed by atoms with E-state index in [1.54, 1.807) is 33.0 Å². The van der Waals surface area contributed by atoms with Crippen LogP contribution in [0.4, 0.5) is 4.39 Å². The van der Waals surface area contributed by atoms with Crippen molar-refractivity contribution >= 4 is 23.3 Å². The number of aliphatic imine (C=N–C) groups is 1. The summed E-state index contributed by atoms with van der Waals surface area (Å²) in [7, 11) is 1.65. The number of hydrogen-bond donors (Lipinski definition) is 2. The Morgan fingerprint density at radius 3 is 2.72 bits per heavy atom. The molecule has 0 radical (unpaired) electrons. The summed E-state index contributed by atoms with van der Waals surface area (Å²) < 4.78 is 24.3. The summed E-state index contributed by atoms with van der Waals surface area (Å²) in [5, 5.41) is 7.12. The molecule has 1 aromatic carbocycles. The van der Waals surface area contributed by atoms with E-state index in [9.17, 15) is 9.18 Å². The third-order valence-corrected chi connectivity index (χ3v) is 5.30. The predicted molar refractivity (Wildman–Crippen MR) is 112 cm³/mol. The Bertz CT molecular complexity index is 869. The molecular formula is C20H27FN4O3S. The molecular weight excluding hydrogens is 395 g/mol. The van der Waals surface area contributed by atoms with Gasteiger partial charge in [0.15, 0.2) is 17.5 Å². The van der Waals surface area contributed by atoms with E-state index in [4.69, 9.17) is 9.47 Å². The van der Waals surface area contributed by atoms with Gasteiger partial charge in [-0.25, -0.2) is 14.2 Å². The van der Waals surface area contributed by atoms with Crippen LogP contribution in [0.1, 0.15) is 52.7 Å². The number of rotatable bonds is 8. The highest BCUT2D eigenvalue weighted by atomic mass is 32.1. The highest BCUT2D eigenvalue weighted by Crippen LogP contribution is 2.24. The van der Waals surface area contributed by atoms with Crippen LogP contribution in [-0.2, 0) is 11.3 Å². The van der Waals surface area contributed by atoms with Gasteiger partial charge < -0.3 is 20.1 Å². The molecule has 2 aromatic rings. The number of carbonyl (C=O) groups is 1. The van der Waals surface area contributed by atoms with Crippen LogP contribution in [0.3, 0.4) is 0 Å². The first-order valence-electron chi connectivity index (χ1n) is 9.42. The highest BCUT2D eigenvalue weighted by Gasteiger charge is 2.20. The van der Waals surface area contributed by atoms with Crippen molar-refractivity contribution in [1.82, 2.24) is 15.6 Å². The van der Waals surface area contributed by atoms with Crippen molar-refractivity contribution in [3.8, 4) is 5.75 Å². The Kier molecular flexibility index (Phi) is 8.38. The van der Waals surface area contributed by atoms with Crippen LogP contribution >= 0.6 is 11.3 Å². The van der Waals surface area contributed by atoms with Crippen LogP contribution in [-0.4, -0.2) is 37.2 Å². The van der Waals surface area contributed by atoms with E-state index in [1.165, 1.54) is 17.4 Å². The molecule has 1 atom stereocenters. The zero-order chi connectivity index (χ0) is 21.4. The number of guanidine groups is 1. The minimum absolute atomic E-state index is 0.176. The van der Waals surface area contributed by atoms with Crippen molar-refractivity contribution in [2.45, 2.75) is 40.3 Å². The molecule has 7 nitrogen and oxygen atoms in total. The van der Waals surface area contributed by atoms with Crippen molar-refractivity contribution in [3.63, 3.8) is 0 Å². The largest absolute Gasteiger partial charge is 0.491 e. The van der Waals surface area contributed by atoms with Crippen LogP contribution in [0.25, 0.3) is 0 Å². The molecule has 0 fully saturated rings. The smallest absolute Gasteiger partial charge is 0.350 e. The van der Waals surface area contributed by atoms with Gasteiger partial charge >= 0.3 is 5.97 Å². The Hall–Kier alpha value is -2.68. The maximum absolute atomic E-state index is 14.0. The molecule has 9 heteroatoms.